The van der Waals surface area contributed by atoms with Crippen LogP contribution in [-0.4, -0.2) is 24.9 Å². The zero-order valence-electron chi connectivity index (χ0n) is 12.2. The Morgan fingerprint density at radius 1 is 1.05 bits per heavy atom. The fraction of sp³-hybridized carbons (Fsp3) is 0.188. The molecule has 2 rings (SSSR count). The van der Waals surface area contributed by atoms with Gasteiger partial charge in [0.2, 0.25) is 0 Å². The van der Waals surface area contributed by atoms with Gasteiger partial charge in [-0.05, 0) is 12.1 Å². The van der Waals surface area contributed by atoms with Crippen LogP contribution in [0.2, 0.25) is 0 Å². The third kappa shape index (κ3) is 3.19. The van der Waals surface area contributed by atoms with E-state index in [1.165, 1.54) is 38.5 Å². The summed E-state index contributed by atoms with van der Waals surface area (Å²) in [6, 6.07) is 12.4. The van der Waals surface area contributed by atoms with Gasteiger partial charge in [0, 0.05) is 43.0 Å². The molecule has 0 saturated heterocycles. The highest BCUT2D eigenvalue weighted by molar-refractivity contribution is 6.10. The number of non-ortho nitro benzene ring substituents is 1. The summed E-state index contributed by atoms with van der Waals surface area (Å²) in [6.07, 6.45) is -0.654. The molecule has 0 aliphatic heterocycles. The van der Waals surface area contributed by atoms with Gasteiger partial charge in [0.05, 0.1) is 4.92 Å². The Labute approximate surface area is 127 Å². The molecule has 0 heterocycles. The van der Waals surface area contributed by atoms with Crippen molar-refractivity contribution in [3.8, 4) is 0 Å². The largest absolute Gasteiger partial charge is 0.352 e. The highest BCUT2D eigenvalue weighted by atomic mass is 16.7. The van der Waals surface area contributed by atoms with Gasteiger partial charge in [-0.25, -0.2) is 0 Å². The lowest BCUT2D eigenvalue weighted by Gasteiger charge is -2.17. The summed E-state index contributed by atoms with van der Waals surface area (Å²) in [7, 11) is 2.97. The maximum atomic E-state index is 12.6. The summed E-state index contributed by atoms with van der Waals surface area (Å²) in [6.45, 7) is 0. The third-order valence-electron chi connectivity index (χ3n) is 3.23. The van der Waals surface area contributed by atoms with Crippen LogP contribution in [0, 0.1) is 10.1 Å². The number of ether oxygens (including phenoxy) is 2. The minimum absolute atomic E-state index is 0.0588. The molecule has 0 bridgehead atoms. The maximum Gasteiger partial charge on any atom is 0.269 e. The first-order valence-corrected chi connectivity index (χ1v) is 6.52. The van der Waals surface area contributed by atoms with Crippen LogP contribution in [-0.2, 0) is 9.47 Å². The number of benzene rings is 2. The predicted octanol–water partition coefficient (Wildman–Crippen LogP) is 3.12. The number of nitro groups is 1. The highest BCUT2D eigenvalue weighted by Crippen LogP contribution is 2.24. The van der Waals surface area contributed by atoms with Crippen LogP contribution >= 0.6 is 0 Å². The monoisotopic (exact) mass is 301 g/mol. The first-order valence-electron chi connectivity index (χ1n) is 6.52. The second-order valence-corrected chi connectivity index (χ2v) is 4.52. The van der Waals surface area contributed by atoms with Crippen molar-refractivity contribution in [2.75, 3.05) is 14.2 Å². The van der Waals surface area contributed by atoms with Gasteiger partial charge in [0.25, 0.3) is 5.69 Å². The molecule has 0 aromatic heterocycles. The van der Waals surface area contributed by atoms with Gasteiger partial charge in [-0.15, -0.1) is 0 Å². The molecule has 22 heavy (non-hydrogen) atoms. The van der Waals surface area contributed by atoms with Crippen molar-refractivity contribution in [1.29, 1.82) is 0 Å². The normalized spacial score (nSPS) is 10.7. The van der Waals surface area contributed by atoms with E-state index >= 15 is 0 Å². The summed E-state index contributed by atoms with van der Waals surface area (Å²) in [5, 5.41) is 10.7. The number of rotatable bonds is 6. The van der Waals surface area contributed by atoms with Crippen LogP contribution in [0.1, 0.15) is 27.8 Å². The maximum absolute atomic E-state index is 12.6. The Morgan fingerprint density at radius 3 is 2.18 bits per heavy atom. The Kier molecular flexibility index (Phi) is 4.98. The number of carbonyl (C=O) groups is 1. The summed E-state index contributed by atoms with van der Waals surface area (Å²) >= 11 is 0. The van der Waals surface area contributed by atoms with Gasteiger partial charge < -0.3 is 9.47 Å². The van der Waals surface area contributed by atoms with Gasteiger partial charge in [-0.1, -0.05) is 24.3 Å². The first kappa shape index (κ1) is 15.8. The lowest BCUT2D eigenvalue weighted by Crippen LogP contribution is -2.11. The van der Waals surface area contributed by atoms with E-state index in [0.29, 0.717) is 16.7 Å². The molecule has 2 aromatic carbocycles. The molecule has 6 heteroatoms. The van der Waals surface area contributed by atoms with Gasteiger partial charge in [-0.3, -0.25) is 14.9 Å². The number of nitro benzene ring substituents is 1. The molecule has 0 spiro atoms. The number of hydrogen-bond donors (Lipinski definition) is 0. The van der Waals surface area contributed by atoms with Crippen LogP contribution in [0.5, 0.6) is 0 Å². The third-order valence-corrected chi connectivity index (χ3v) is 3.23. The summed E-state index contributed by atoms with van der Waals surface area (Å²) in [5.41, 5.74) is 1.35. The number of nitrogens with zero attached hydrogens (tertiary/aromatic N) is 1. The van der Waals surface area contributed by atoms with E-state index in [4.69, 9.17) is 9.47 Å². The van der Waals surface area contributed by atoms with Crippen molar-refractivity contribution >= 4 is 11.5 Å². The zero-order valence-corrected chi connectivity index (χ0v) is 12.2. The lowest BCUT2D eigenvalue weighted by atomic mass is 9.98. The van der Waals surface area contributed by atoms with Gasteiger partial charge in [0.1, 0.15) is 0 Å². The molecule has 0 fully saturated rings. The molecule has 0 unspecified atom stereocenters. The number of carbonyl (C=O) groups excluding carboxylic acids is 1. The van der Waals surface area contributed by atoms with E-state index < -0.39 is 11.2 Å². The van der Waals surface area contributed by atoms with Crippen LogP contribution in [0.4, 0.5) is 5.69 Å². The summed E-state index contributed by atoms with van der Waals surface area (Å²) in [4.78, 5) is 22.8. The van der Waals surface area contributed by atoms with E-state index in [0.717, 1.165) is 0 Å². The van der Waals surface area contributed by atoms with Crippen LogP contribution in [0.15, 0.2) is 48.5 Å². The van der Waals surface area contributed by atoms with Gasteiger partial charge in [0.15, 0.2) is 12.1 Å². The molecular weight excluding hydrogens is 286 g/mol. The van der Waals surface area contributed by atoms with Crippen molar-refractivity contribution in [3.05, 3.63) is 75.3 Å². The molecule has 0 saturated carbocycles. The molecule has 2 aromatic rings. The van der Waals surface area contributed by atoms with Crippen molar-refractivity contribution in [1.82, 2.24) is 0 Å². The molecule has 0 aliphatic carbocycles. The summed E-state index contributed by atoms with van der Waals surface area (Å²) < 4.78 is 10.4. The van der Waals surface area contributed by atoms with E-state index in [2.05, 4.69) is 0 Å². The molecular formula is C16H15NO5. The van der Waals surface area contributed by atoms with E-state index in [9.17, 15) is 14.9 Å². The molecule has 0 amide bonds. The average molecular weight is 301 g/mol. The van der Waals surface area contributed by atoms with Crippen LogP contribution in [0.25, 0.3) is 0 Å². The van der Waals surface area contributed by atoms with Crippen molar-refractivity contribution in [2.24, 2.45) is 0 Å². The lowest BCUT2D eigenvalue weighted by molar-refractivity contribution is -0.384. The fourth-order valence-corrected chi connectivity index (χ4v) is 2.15. The van der Waals surface area contributed by atoms with Crippen LogP contribution < -0.4 is 0 Å². The SMILES string of the molecule is COC(OC)c1ccccc1C(=O)c1ccc([N+](=O)[O-])cc1. The Hall–Kier alpha value is -2.57. The van der Waals surface area contributed by atoms with Gasteiger partial charge >= 0.3 is 0 Å². The molecule has 0 aliphatic rings. The predicted molar refractivity (Wildman–Crippen MR) is 79.7 cm³/mol. The van der Waals surface area contributed by atoms with Crippen molar-refractivity contribution in [3.63, 3.8) is 0 Å². The Morgan fingerprint density at radius 2 is 1.64 bits per heavy atom. The number of ketones is 1. The van der Waals surface area contributed by atoms with Gasteiger partial charge in [-0.2, -0.15) is 0 Å². The Bertz CT molecular complexity index is 677. The minimum Gasteiger partial charge on any atom is -0.352 e. The summed E-state index contributed by atoms with van der Waals surface area (Å²) in [5.74, 6) is -0.246. The minimum atomic E-state index is -0.654. The molecule has 114 valence electrons. The quantitative estimate of drug-likeness (QED) is 0.354. The molecule has 0 N–H and O–H groups in total. The van der Waals surface area contributed by atoms with E-state index in [1.807, 2.05) is 0 Å². The van der Waals surface area contributed by atoms with Crippen molar-refractivity contribution in [2.45, 2.75) is 6.29 Å². The van der Waals surface area contributed by atoms with E-state index in [1.54, 1.807) is 24.3 Å². The second-order valence-electron chi connectivity index (χ2n) is 4.52. The van der Waals surface area contributed by atoms with Crippen LogP contribution in [0.3, 0.4) is 0 Å². The molecule has 0 radical (unpaired) electrons. The topological polar surface area (TPSA) is 78.7 Å². The van der Waals surface area contributed by atoms with E-state index in [-0.39, 0.29) is 11.5 Å². The number of hydrogen-bond acceptors (Lipinski definition) is 5. The zero-order chi connectivity index (χ0) is 16.1. The second kappa shape index (κ2) is 6.93. The molecule has 0 atom stereocenters. The highest BCUT2D eigenvalue weighted by Gasteiger charge is 2.20. The average Bonchev–Trinajstić information content (AvgIpc) is 2.56. The smallest absolute Gasteiger partial charge is 0.269 e. The molecule has 6 nitrogen and oxygen atoms in total. The van der Waals surface area contributed by atoms with Crippen molar-refractivity contribution < 1.29 is 19.2 Å². The standard InChI is InChI=1S/C16H15NO5/c1-21-16(22-2)14-6-4-3-5-13(14)15(18)11-7-9-12(10-8-11)17(19)20/h3-10,16H,1-2H3. The Balaban J connectivity index is 2.39. The first-order chi connectivity index (χ1) is 10.6. The number of methoxy groups -OCH3 is 2. The fourth-order valence-electron chi connectivity index (χ4n) is 2.15.